The molecule has 0 aromatic heterocycles. The van der Waals surface area contributed by atoms with E-state index in [0.717, 1.165) is 23.5 Å². The molecule has 0 saturated heterocycles. The molecule has 0 heterocycles. The summed E-state index contributed by atoms with van der Waals surface area (Å²) in [6.07, 6.45) is 0. The van der Waals surface area contributed by atoms with Crippen molar-refractivity contribution in [1.29, 1.82) is 0 Å². The van der Waals surface area contributed by atoms with Crippen molar-refractivity contribution in [2.75, 3.05) is 14.1 Å². The smallest absolute Gasteiger partial charge is 0.0354 e. The van der Waals surface area contributed by atoms with E-state index in [1.807, 2.05) is 32.3 Å². The summed E-state index contributed by atoms with van der Waals surface area (Å²) in [6.45, 7) is 0.911. The molecule has 1 aromatic rings. The minimum absolute atomic E-state index is 0.792. The summed E-state index contributed by atoms with van der Waals surface area (Å²) in [6, 6.07) is 7.89. The monoisotopic (exact) mass is 183 g/mol. The van der Waals surface area contributed by atoms with Crippen LogP contribution in [0.25, 0.3) is 0 Å². The summed E-state index contributed by atoms with van der Waals surface area (Å²) in [5, 5.41) is 0. The molecular weight excluding hydrogens is 170 g/mol. The van der Waals surface area contributed by atoms with Crippen LogP contribution in [0.15, 0.2) is 29.2 Å². The van der Waals surface area contributed by atoms with Gasteiger partial charge in [-0.05, 0) is 31.8 Å². The Morgan fingerprint density at radius 2 is 2.17 bits per heavy atom. The summed E-state index contributed by atoms with van der Waals surface area (Å²) in [5.41, 5.74) is 1.22. The fourth-order valence-electron chi connectivity index (χ4n) is 1.07. The molecule has 3 heteroatoms. The highest BCUT2D eigenvalue weighted by atomic mass is 32.2. The average Bonchev–Trinajstić information content (AvgIpc) is 2.03. The van der Waals surface area contributed by atoms with Gasteiger partial charge in [0.15, 0.2) is 0 Å². The highest BCUT2D eigenvalue weighted by Crippen LogP contribution is 2.15. The van der Waals surface area contributed by atoms with Crippen molar-refractivity contribution in [3.63, 3.8) is 0 Å². The maximum atomic E-state index is 8.80. The highest BCUT2D eigenvalue weighted by molar-refractivity contribution is 7.93. The molecule has 0 fully saturated rings. The zero-order valence-electron chi connectivity index (χ0n) is 7.32. The summed E-state index contributed by atoms with van der Waals surface area (Å²) in [4.78, 5) is 3.00. The van der Waals surface area contributed by atoms with E-state index >= 15 is 0 Å². The molecule has 0 unspecified atom stereocenters. The van der Waals surface area contributed by atoms with Crippen molar-refractivity contribution in [1.82, 2.24) is 4.90 Å². The van der Waals surface area contributed by atoms with Crippen LogP contribution >= 0.6 is 12.0 Å². The van der Waals surface area contributed by atoms with Gasteiger partial charge in [0.25, 0.3) is 0 Å². The van der Waals surface area contributed by atoms with Gasteiger partial charge in [-0.15, -0.1) is 0 Å². The number of benzene rings is 1. The second-order valence-corrected chi connectivity index (χ2v) is 3.63. The van der Waals surface area contributed by atoms with E-state index in [2.05, 4.69) is 11.0 Å². The number of hydrogen-bond acceptors (Lipinski definition) is 3. The Kier molecular flexibility index (Phi) is 3.59. The zero-order chi connectivity index (χ0) is 8.97. The van der Waals surface area contributed by atoms with Gasteiger partial charge in [-0.1, -0.05) is 12.1 Å². The number of nitrogens with zero attached hydrogens (tertiary/aromatic N) is 1. The van der Waals surface area contributed by atoms with Gasteiger partial charge in [0.2, 0.25) is 0 Å². The molecular formula is C9H13NOS. The fraction of sp³-hybridized carbons (Fsp3) is 0.333. The lowest BCUT2D eigenvalue weighted by atomic mass is 10.2. The first-order chi connectivity index (χ1) is 5.72. The van der Waals surface area contributed by atoms with Crippen LogP contribution in [-0.4, -0.2) is 23.5 Å². The maximum Gasteiger partial charge on any atom is 0.0354 e. The predicted molar refractivity (Wildman–Crippen MR) is 52.3 cm³/mol. The van der Waals surface area contributed by atoms with Crippen molar-refractivity contribution in [3.05, 3.63) is 29.8 Å². The van der Waals surface area contributed by atoms with Crippen LogP contribution in [-0.2, 0) is 6.54 Å². The Morgan fingerprint density at radius 3 is 2.75 bits per heavy atom. The topological polar surface area (TPSA) is 23.5 Å². The van der Waals surface area contributed by atoms with Gasteiger partial charge in [0.05, 0.1) is 0 Å². The number of rotatable bonds is 3. The molecule has 0 aliphatic carbocycles. The normalized spacial score (nSPS) is 10.7. The fourth-order valence-corrected chi connectivity index (χ4v) is 1.41. The van der Waals surface area contributed by atoms with Gasteiger partial charge >= 0.3 is 0 Å². The van der Waals surface area contributed by atoms with Gasteiger partial charge in [-0.25, -0.2) is 0 Å². The molecule has 0 radical (unpaired) electrons. The van der Waals surface area contributed by atoms with Crippen molar-refractivity contribution in [3.8, 4) is 0 Å². The van der Waals surface area contributed by atoms with Crippen LogP contribution in [0.1, 0.15) is 5.56 Å². The Hall–Kier alpha value is -0.510. The third-order valence-electron chi connectivity index (χ3n) is 1.50. The summed E-state index contributed by atoms with van der Waals surface area (Å²) >= 11 is 0.792. The zero-order valence-corrected chi connectivity index (χ0v) is 8.14. The molecule has 1 aromatic carbocycles. The van der Waals surface area contributed by atoms with Gasteiger partial charge in [-0.2, -0.15) is 0 Å². The summed E-state index contributed by atoms with van der Waals surface area (Å²) < 4.78 is 8.80. The van der Waals surface area contributed by atoms with Gasteiger partial charge in [-0.3, -0.25) is 0 Å². The molecule has 0 bridgehead atoms. The Bertz CT molecular complexity index is 250. The van der Waals surface area contributed by atoms with E-state index in [9.17, 15) is 0 Å². The van der Waals surface area contributed by atoms with Crippen molar-refractivity contribution in [2.24, 2.45) is 0 Å². The quantitative estimate of drug-likeness (QED) is 0.727. The lowest BCUT2D eigenvalue weighted by Crippen LogP contribution is -2.10. The lowest BCUT2D eigenvalue weighted by Gasteiger charge is -2.09. The summed E-state index contributed by atoms with van der Waals surface area (Å²) in [5.74, 6) is 0. The van der Waals surface area contributed by atoms with E-state index in [0.29, 0.717) is 0 Å². The summed E-state index contributed by atoms with van der Waals surface area (Å²) in [7, 11) is 4.05. The SMILES string of the molecule is CN(C)Cc1cccc(SO)c1. The standard InChI is InChI=1S/C9H13NOS/c1-10(2)7-8-4-3-5-9(6-8)12-11/h3-6,11H,7H2,1-2H3. The van der Waals surface area contributed by atoms with Crippen LogP contribution in [0, 0.1) is 0 Å². The Labute approximate surface area is 77.4 Å². The average molecular weight is 183 g/mol. The van der Waals surface area contributed by atoms with Crippen LogP contribution in [0.2, 0.25) is 0 Å². The second kappa shape index (κ2) is 4.50. The van der Waals surface area contributed by atoms with E-state index in [1.54, 1.807) is 0 Å². The van der Waals surface area contributed by atoms with E-state index < -0.39 is 0 Å². The molecule has 12 heavy (non-hydrogen) atoms. The highest BCUT2D eigenvalue weighted by Gasteiger charge is 1.96. The van der Waals surface area contributed by atoms with Gasteiger partial charge in [0.1, 0.15) is 0 Å². The van der Waals surface area contributed by atoms with Crippen LogP contribution < -0.4 is 0 Å². The Morgan fingerprint density at radius 1 is 1.42 bits per heavy atom. The Balaban J connectivity index is 2.72. The second-order valence-electron chi connectivity index (χ2n) is 2.98. The maximum absolute atomic E-state index is 8.80. The third kappa shape index (κ3) is 2.85. The van der Waals surface area contributed by atoms with E-state index in [-0.39, 0.29) is 0 Å². The number of hydrogen-bond donors (Lipinski definition) is 1. The first-order valence-electron chi connectivity index (χ1n) is 3.77. The molecule has 1 rings (SSSR count). The van der Waals surface area contributed by atoms with Crippen molar-refractivity contribution in [2.45, 2.75) is 11.4 Å². The van der Waals surface area contributed by atoms with E-state index in [1.165, 1.54) is 5.56 Å². The third-order valence-corrected chi connectivity index (χ3v) is 1.97. The molecule has 0 aliphatic heterocycles. The molecule has 0 amide bonds. The van der Waals surface area contributed by atoms with Crippen LogP contribution in [0.3, 0.4) is 0 Å². The molecule has 66 valence electrons. The molecule has 1 N–H and O–H groups in total. The molecule has 0 spiro atoms. The van der Waals surface area contributed by atoms with Gasteiger partial charge < -0.3 is 9.45 Å². The molecule has 0 saturated carbocycles. The lowest BCUT2D eigenvalue weighted by molar-refractivity contribution is 0.402. The van der Waals surface area contributed by atoms with Crippen LogP contribution in [0.4, 0.5) is 0 Å². The molecule has 0 atom stereocenters. The minimum Gasteiger partial charge on any atom is -0.325 e. The van der Waals surface area contributed by atoms with Gasteiger partial charge in [0, 0.05) is 23.5 Å². The van der Waals surface area contributed by atoms with Crippen molar-refractivity contribution >= 4 is 12.0 Å². The van der Waals surface area contributed by atoms with E-state index in [4.69, 9.17) is 4.55 Å². The molecule has 0 aliphatic rings. The predicted octanol–water partition coefficient (Wildman–Crippen LogP) is 2.31. The first-order valence-corrected chi connectivity index (χ1v) is 4.55. The van der Waals surface area contributed by atoms with Crippen molar-refractivity contribution < 1.29 is 4.55 Å². The minimum atomic E-state index is 0.792. The van der Waals surface area contributed by atoms with Crippen LogP contribution in [0.5, 0.6) is 0 Å². The largest absolute Gasteiger partial charge is 0.325 e. The molecule has 2 nitrogen and oxygen atoms in total. The first kappa shape index (κ1) is 9.58.